The van der Waals surface area contributed by atoms with Crippen LogP contribution in [0.3, 0.4) is 0 Å². The van der Waals surface area contributed by atoms with E-state index in [2.05, 4.69) is 73.6 Å². The van der Waals surface area contributed by atoms with Crippen LogP contribution in [-0.4, -0.2) is 7.05 Å². The van der Waals surface area contributed by atoms with E-state index in [-0.39, 0.29) is 0 Å². The molecule has 0 aliphatic carbocycles. The monoisotopic (exact) mass is 385 g/mol. The highest BCUT2D eigenvalue weighted by Crippen LogP contribution is 2.35. The van der Waals surface area contributed by atoms with Crippen LogP contribution in [0, 0.1) is 0 Å². The Balaban J connectivity index is 2.20. The highest BCUT2D eigenvalue weighted by atomic mass is 79.9. The fourth-order valence-electron chi connectivity index (χ4n) is 1.58. The molecule has 94 valence electrons. The van der Waals surface area contributed by atoms with E-state index in [1.165, 1.54) is 15.4 Å². The molecule has 2 aromatic rings. The molecule has 0 radical (unpaired) electrons. The van der Waals surface area contributed by atoms with Gasteiger partial charge in [-0.15, -0.1) is 0 Å². The summed E-state index contributed by atoms with van der Waals surface area (Å²) in [5.41, 5.74) is 1.27. The lowest BCUT2D eigenvalue weighted by Crippen LogP contribution is -2.05. The van der Waals surface area contributed by atoms with Gasteiger partial charge in [0.05, 0.1) is 0 Å². The molecule has 2 rings (SSSR count). The third-order valence-electron chi connectivity index (χ3n) is 2.46. The molecule has 4 heteroatoms. The minimum atomic E-state index is 0.876. The smallest absolute Gasteiger partial charge is 0.0314 e. The Morgan fingerprint density at radius 1 is 1.06 bits per heavy atom. The Labute approximate surface area is 129 Å². The maximum Gasteiger partial charge on any atom is 0.0314 e. The molecule has 1 N–H and O–H groups in total. The van der Waals surface area contributed by atoms with Crippen molar-refractivity contribution in [3.05, 3.63) is 57.0 Å². The molecular formula is C14H13Br2NS. The van der Waals surface area contributed by atoms with Crippen LogP contribution in [0.4, 0.5) is 0 Å². The van der Waals surface area contributed by atoms with Crippen molar-refractivity contribution in [1.29, 1.82) is 0 Å². The normalized spacial score (nSPS) is 10.6. The highest BCUT2D eigenvalue weighted by molar-refractivity contribution is 9.10. The summed E-state index contributed by atoms with van der Waals surface area (Å²) >= 11 is 8.94. The maximum absolute atomic E-state index is 3.61. The van der Waals surface area contributed by atoms with E-state index < -0.39 is 0 Å². The summed E-state index contributed by atoms with van der Waals surface area (Å²) < 4.78 is 2.28. The molecule has 0 fully saturated rings. The lowest BCUT2D eigenvalue weighted by molar-refractivity contribution is 0.813. The molecule has 0 saturated heterocycles. The van der Waals surface area contributed by atoms with Crippen LogP contribution in [0.5, 0.6) is 0 Å². The number of rotatable bonds is 4. The summed E-state index contributed by atoms with van der Waals surface area (Å²) in [5, 5.41) is 3.16. The first-order valence-electron chi connectivity index (χ1n) is 5.56. The van der Waals surface area contributed by atoms with Crippen molar-refractivity contribution in [1.82, 2.24) is 5.32 Å². The van der Waals surface area contributed by atoms with E-state index in [1.807, 2.05) is 13.1 Å². The summed E-state index contributed by atoms with van der Waals surface area (Å²) in [6.07, 6.45) is 0. The quantitative estimate of drug-likeness (QED) is 0.785. The maximum atomic E-state index is 3.61. The third kappa shape index (κ3) is 3.60. The van der Waals surface area contributed by atoms with E-state index in [9.17, 15) is 0 Å². The van der Waals surface area contributed by atoms with Gasteiger partial charge in [0.25, 0.3) is 0 Å². The molecule has 2 aromatic carbocycles. The Kier molecular flexibility index (Phi) is 5.30. The zero-order chi connectivity index (χ0) is 13.0. The average molecular weight is 387 g/mol. The van der Waals surface area contributed by atoms with E-state index in [0.717, 1.165) is 15.5 Å². The Bertz CT molecular complexity index is 543. The van der Waals surface area contributed by atoms with Gasteiger partial charge in [0.15, 0.2) is 0 Å². The Morgan fingerprint density at radius 3 is 2.50 bits per heavy atom. The van der Waals surface area contributed by atoms with Crippen molar-refractivity contribution >= 4 is 43.6 Å². The molecular weight excluding hydrogens is 374 g/mol. The second-order valence-corrected chi connectivity index (χ2v) is 6.64. The Morgan fingerprint density at radius 2 is 1.83 bits per heavy atom. The van der Waals surface area contributed by atoms with E-state index in [1.54, 1.807) is 11.8 Å². The van der Waals surface area contributed by atoms with Crippen LogP contribution in [0.25, 0.3) is 0 Å². The van der Waals surface area contributed by atoms with Crippen LogP contribution in [0.1, 0.15) is 5.56 Å². The van der Waals surface area contributed by atoms with Gasteiger partial charge in [0, 0.05) is 25.3 Å². The molecule has 1 nitrogen and oxygen atoms in total. The average Bonchev–Trinajstić information content (AvgIpc) is 2.36. The van der Waals surface area contributed by atoms with Crippen molar-refractivity contribution in [2.45, 2.75) is 16.3 Å². The molecule has 0 heterocycles. The lowest BCUT2D eigenvalue weighted by atomic mass is 10.2. The molecule has 0 aliphatic rings. The predicted octanol–water partition coefficient (Wildman–Crippen LogP) is 5.08. The number of nitrogens with one attached hydrogen (secondary N) is 1. The number of benzene rings is 2. The van der Waals surface area contributed by atoms with Crippen LogP contribution in [0.15, 0.2) is 61.2 Å². The van der Waals surface area contributed by atoms with Crippen LogP contribution < -0.4 is 5.32 Å². The lowest BCUT2D eigenvalue weighted by Gasteiger charge is -2.08. The predicted molar refractivity (Wildman–Crippen MR) is 85.2 cm³/mol. The third-order valence-corrected chi connectivity index (χ3v) is 5.21. The van der Waals surface area contributed by atoms with Gasteiger partial charge in [0.2, 0.25) is 0 Å². The SMILES string of the molecule is CNCc1ccc(Sc2ccccc2Br)cc1Br. The zero-order valence-electron chi connectivity index (χ0n) is 9.91. The molecule has 0 unspecified atom stereocenters. The second kappa shape index (κ2) is 6.75. The summed E-state index contributed by atoms with van der Waals surface area (Å²) in [7, 11) is 1.95. The van der Waals surface area contributed by atoms with Crippen molar-refractivity contribution in [2.24, 2.45) is 0 Å². The van der Waals surface area contributed by atoms with Gasteiger partial charge in [-0.2, -0.15) is 0 Å². The molecule has 0 spiro atoms. The second-order valence-electron chi connectivity index (χ2n) is 3.82. The van der Waals surface area contributed by atoms with Gasteiger partial charge in [-0.1, -0.05) is 45.9 Å². The van der Waals surface area contributed by atoms with E-state index in [0.29, 0.717) is 0 Å². The summed E-state index contributed by atoms with van der Waals surface area (Å²) in [5.74, 6) is 0. The summed E-state index contributed by atoms with van der Waals surface area (Å²) in [4.78, 5) is 2.46. The van der Waals surface area contributed by atoms with Gasteiger partial charge < -0.3 is 5.32 Å². The first-order chi connectivity index (χ1) is 8.70. The molecule has 0 saturated carbocycles. The number of halogens is 2. The fraction of sp³-hybridized carbons (Fsp3) is 0.143. The highest BCUT2D eigenvalue weighted by Gasteiger charge is 2.04. The van der Waals surface area contributed by atoms with Gasteiger partial charge in [-0.3, -0.25) is 0 Å². The van der Waals surface area contributed by atoms with E-state index >= 15 is 0 Å². The fourth-order valence-corrected chi connectivity index (χ4v) is 3.66. The van der Waals surface area contributed by atoms with Crippen molar-refractivity contribution in [3.63, 3.8) is 0 Å². The Hall–Kier alpha value is -0.290. The number of hydrogen-bond donors (Lipinski definition) is 1. The van der Waals surface area contributed by atoms with Crippen LogP contribution in [-0.2, 0) is 6.54 Å². The number of hydrogen-bond acceptors (Lipinski definition) is 2. The largest absolute Gasteiger partial charge is 0.316 e. The molecule has 18 heavy (non-hydrogen) atoms. The van der Waals surface area contributed by atoms with Gasteiger partial charge in [-0.05, 0) is 52.8 Å². The van der Waals surface area contributed by atoms with Crippen molar-refractivity contribution in [2.75, 3.05) is 7.05 Å². The van der Waals surface area contributed by atoms with E-state index in [4.69, 9.17) is 0 Å². The molecule has 0 atom stereocenters. The van der Waals surface area contributed by atoms with Crippen molar-refractivity contribution < 1.29 is 0 Å². The van der Waals surface area contributed by atoms with Gasteiger partial charge in [0.1, 0.15) is 0 Å². The minimum absolute atomic E-state index is 0.876. The topological polar surface area (TPSA) is 12.0 Å². The van der Waals surface area contributed by atoms with Gasteiger partial charge in [-0.25, -0.2) is 0 Å². The molecule has 0 bridgehead atoms. The first kappa shape index (κ1) is 14.1. The minimum Gasteiger partial charge on any atom is -0.316 e. The molecule has 0 amide bonds. The van der Waals surface area contributed by atoms with Crippen LogP contribution >= 0.6 is 43.6 Å². The molecule has 0 aromatic heterocycles. The van der Waals surface area contributed by atoms with Gasteiger partial charge >= 0.3 is 0 Å². The molecule has 0 aliphatic heterocycles. The summed E-state index contributed by atoms with van der Waals surface area (Å²) in [6, 6.07) is 14.7. The standard InChI is InChI=1S/C14H13Br2NS/c1-17-9-10-6-7-11(8-13(10)16)18-14-5-3-2-4-12(14)15/h2-8,17H,9H2,1H3. The van der Waals surface area contributed by atoms with Crippen molar-refractivity contribution in [3.8, 4) is 0 Å². The summed E-state index contributed by atoms with van der Waals surface area (Å²) in [6.45, 7) is 0.876. The first-order valence-corrected chi connectivity index (χ1v) is 7.96. The zero-order valence-corrected chi connectivity index (χ0v) is 13.9. The van der Waals surface area contributed by atoms with Crippen LogP contribution in [0.2, 0.25) is 0 Å².